The molecule has 8 heteroatoms. The van der Waals surface area contributed by atoms with E-state index in [0.29, 0.717) is 19.0 Å². The van der Waals surface area contributed by atoms with E-state index in [9.17, 15) is 4.79 Å². The van der Waals surface area contributed by atoms with Crippen LogP contribution < -0.4 is 5.32 Å². The summed E-state index contributed by atoms with van der Waals surface area (Å²) in [6.45, 7) is 2.63. The fourth-order valence-electron chi connectivity index (χ4n) is 3.13. The molecule has 0 bridgehead atoms. The second-order valence-electron chi connectivity index (χ2n) is 6.03. The average Bonchev–Trinajstić information content (AvgIpc) is 3.22. The fraction of sp³-hybridized carbons (Fsp3) is 0.562. The minimum absolute atomic E-state index is 0.0230. The zero-order valence-electron chi connectivity index (χ0n) is 14.1. The van der Waals surface area contributed by atoms with Gasteiger partial charge in [-0.05, 0) is 37.8 Å². The highest BCUT2D eigenvalue weighted by molar-refractivity contribution is 7.98. The van der Waals surface area contributed by atoms with Crippen molar-refractivity contribution in [3.63, 3.8) is 0 Å². The largest absolute Gasteiger partial charge is 0.467 e. The molecule has 0 aromatic carbocycles. The predicted molar refractivity (Wildman–Crippen MR) is 91.8 cm³/mol. The second kappa shape index (κ2) is 7.85. The number of furan rings is 1. The Balaban J connectivity index is 1.53. The SMILES string of the molecule is CSc1nnc([C@H]2CCCN(CC(=O)NCc3ccco3)C2)n1C. The first-order valence-electron chi connectivity index (χ1n) is 8.12. The molecule has 2 aromatic heterocycles. The molecular formula is C16H23N5O2S. The van der Waals surface area contributed by atoms with E-state index < -0.39 is 0 Å². The fourth-order valence-corrected chi connectivity index (χ4v) is 3.62. The van der Waals surface area contributed by atoms with Crippen LogP contribution in [0.1, 0.15) is 30.3 Å². The number of carbonyl (C=O) groups is 1. The number of thioether (sulfide) groups is 1. The van der Waals surface area contributed by atoms with Crippen LogP contribution in [-0.2, 0) is 18.4 Å². The molecule has 1 fully saturated rings. The van der Waals surface area contributed by atoms with Crippen molar-refractivity contribution in [2.45, 2.75) is 30.5 Å². The van der Waals surface area contributed by atoms with Crippen LogP contribution >= 0.6 is 11.8 Å². The summed E-state index contributed by atoms with van der Waals surface area (Å²) in [5.74, 6) is 2.13. The normalized spacial score (nSPS) is 18.7. The van der Waals surface area contributed by atoms with E-state index in [1.807, 2.05) is 25.4 Å². The Morgan fingerprint density at radius 2 is 2.38 bits per heavy atom. The van der Waals surface area contributed by atoms with E-state index in [0.717, 1.165) is 42.7 Å². The highest BCUT2D eigenvalue weighted by Gasteiger charge is 2.26. The van der Waals surface area contributed by atoms with Gasteiger partial charge in [0.05, 0.1) is 19.4 Å². The summed E-state index contributed by atoms with van der Waals surface area (Å²) < 4.78 is 7.29. The topological polar surface area (TPSA) is 76.2 Å². The van der Waals surface area contributed by atoms with Gasteiger partial charge in [-0.2, -0.15) is 0 Å². The first-order valence-corrected chi connectivity index (χ1v) is 9.34. The minimum Gasteiger partial charge on any atom is -0.467 e. The molecule has 1 saturated heterocycles. The first-order chi connectivity index (χ1) is 11.7. The summed E-state index contributed by atoms with van der Waals surface area (Å²) in [7, 11) is 2.01. The van der Waals surface area contributed by atoms with Gasteiger partial charge in [-0.15, -0.1) is 10.2 Å². The smallest absolute Gasteiger partial charge is 0.234 e. The van der Waals surface area contributed by atoms with Crippen LogP contribution in [0.3, 0.4) is 0 Å². The van der Waals surface area contributed by atoms with Crippen LogP contribution in [0.15, 0.2) is 28.0 Å². The maximum Gasteiger partial charge on any atom is 0.234 e. The zero-order valence-corrected chi connectivity index (χ0v) is 14.9. The lowest BCUT2D eigenvalue weighted by molar-refractivity contribution is -0.122. The number of likely N-dealkylation sites (tertiary alicyclic amines) is 1. The van der Waals surface area contributed by atoms with Gasteiger partial charge < -0.3 is 14.3 Å². The molecule has 0 unspecified atom stereocenters. The molecule has 1 aliphatic rings. The van der Waals surface area contributed by atoms with Gasteiger partial charge in [0.15, 0.2) is 5.16 Å². The van der Waals surface area contributed by atoms with E-state index >= 15 is 0 Å². The van der Waals surface area contributed by atoms with Gasteiger partial charge in [-0.1, -0.05) is 11.8 Å². The second-order valence-corrected chi connectivity index (χ2v) is 6.81. The summed E-state index contributed by atoms with van der Waals surface area (Å²) in [6.07, 6.45) is 5.77. The van der Waals surface area contributed by atoms with Gasteiger partial charge >= 0.3 is 0 Å². The molecule has 3 heterocycles. The number of amides is 1. The van der Waals surface area contributed by atoms with Crippen molar-refractivity contribution in [1.29, 1.82) is 0 Å². The Morgan fingerprint density at radius 3 is 3.08 bits per heavy atom. The van der Waals surface area contributed by atoms with Gasteiger partial charge in [0, 0.05) is 19.5 Å². The van der Waals surface area contributed by atoms with Crippen LogP contribution in [0.25, 0.3) is 0 Å². The van der Waals surface area contributed by atoms with E-state index in [1.165, 1.54) is 0 Å². The van der Waals surface area contributed by atoms with Gasteiger partial charge in [0.2, 0.25) is 5.91 Å². The van der Waals surface area contributed by atoms with Gasteiger partial charge in [-0.25, -0.2) is 0 Å². The maximum absolute atomic E-state index is 12.1. The average molecular weight is 349 g/mol. The number of piperidine rings is 1. The molecule has 7 nitrogen and oxygen atoms in total. The van der Waals surface area contributed by atoms with E-state index in [1.54, 1.807) is 18.0 Å². The van der Waals surface area contributed by atoms with Gasteiger partial charge in [0.1, 0.15) is 11.6 Å². The minimum atomic E-state index is 0.0230. The Kier molecular flexibility index (Phi) is 5.57. The molecule has 130 valence electrons. The molecule has 2 aromatic rings. The van der Waals surface area contributed by atoms with Crippen LogP contribution in [-0.4, -0.2) is 51.5 Å². The lowest BCUT2D eigenvalue weighted by Gasteiger charge is -2.31. The summed E-state index contributed by atoms with van der Waals surface area (Å²) in [4.78, 5) is 14.3. The summed E-state index contributed by atoms with van der Waals surface area (Å²) in [6, 6.07) is 3.68. The third-order valence-corrected chi connectivity index (χ3v) is 5.05. The molecule has 1 amide bonds. The molecule has 0 aliphatic carbocycles. The van der Waals surface area contributed by atoms with Gasteiger partial charge in [-0.3, -0.25) is 9.69 Å². The van der Waals surface area contributed by atoms with Crippen molar-refractivity contribution >= 4 is 17.7 Å². The Morgan fingerprint density at radius 1 is 1.50 bits per heavy atom. The Labute approximate surface area is 145 Å². The van der Waals surface area contributed by atoms with Crippen molar-refractivity contribution in [2.75, 3.05) is 25.9 Å². The third-order valence-electron chi connectivity index (χ3n) is 4.33. The number of rotatable bonds is 6. The Hall–Kier alpha value is -1.80. The third kappa shape index (κ3) is 3.99. The number of carbonyl (C=O) groups excluding carboxylic acids is 1. The van der Waals surface area contributed by atoms with Crippen LogP contribution in [0, 0.1) is 0 Å². The van der Waals surface area contributed by atoms with Crippen LogP contribution in [0.5, 0.6) is 0 Å². The van der Waals surface area contributed by atoms with Crippen molar-refractivity contribution in [1.82, 2.24) is 25.0 Å². The molecule has 0 radical (unpaired) electrons. The Bertz CT molecular complexity index is 670. The van der Waals surface area contributed by atoms with Crippen LogP contribution in [0.4, 0.5) is 0 Å². The lowest BCUT2D eigenvalue weighted by Crippen LogP contribution is -2.42. The van der Waals surface area contributed by atoms with Crippen molar-refractivity contribution in [3.05, 3.63) is 30.0 Å². The van der Waals surface area contributed by atoms with Gasteiger partial charge in [0.25, 0.3) is 0 Å². The highest BCUT2D eigenvalue weighted by Crippen LogP contribution is 2.27. The lowest BCUT2D eigenvalue weighted by atomic mass is 9.97. The monoisotopic (exact) mass is 349 g/mol. The molecule has 0 saturated carbocycles. The highest BCUT2D eigenvalue weighted by atomic mass is 32.2. The van der Waals surface area contributed by atoms with E-state index in [2.05, 4.69) is 25.0 Å². The molecule has 0 spiro atoms. The number of nitrogens with one attached hydrogen (secondary N) is 1. The molecule has 1 N–H and O–H groups in total. The van der Waals surface area contributed by atoms with Crippen molar-refractivity contribution in [2.24, 2.45) is 7.05 Å². The van der Waals surface area contributed by atoms with Crippen molar-refractivity contribution < 1.29 is 9.21 Å². The maximum atomic E-state index is 12.1. The number of aromatic nitrogens is 3. The van der Waals surface area contributed by atoms with E-state index in [-0.39, 0.29) is 5.91 Å². The molecule has 3 rings (SSSR count). The number of hydrogen-bond donors (Lipinski definition) is 1. The number of hydrogen-bond acceptors (Lipinski definition) is 6. The standard InChI is InChI=1S/C16H23N5O2S/c1-20-15(18-19-16(20)24-2)12-5-3-7-21(10-12)11-14(22)17-9-13-6-4-8-23-13/h4,6,8,12H,3,5,7,9-11H2,1-2H3,(H,17,22)/t12-/m0/s1. The summed E-state index contributed by atoms with van der Waals surface area (Å²) in [5.41, 5.74) is 0. The van der Waals surface area contributed by atoms with Crippen molar-refractivity contribution in [3.8, 4) is 0 Å². The zero-order chi connectivity index (χ0) is 16.9. The predicted octanol–water partition coefficient (Wildman–Crippen LogP) is 1.63. The summed E-state index contributed by atoms with van der Waals surface area (Å²) in [5, 5.41) is 12.4. The molecule has 1 aliphatic heterocycles. The molecule has 1 atom stereocenters. The molecule has 24 heavy (non-hydrogen) atoms. The first kappa shape index (κ1) is 17.0. The summed E-state index contributed by atoms with van der Waals surface area (Å²) >= 11 is 1.60. The number of nitrogens with zero attached hydrogens (tertiary/aromatic N) is 4. The van der Waals surface area contributed by atoms with Crippen LogP contribution in [0.2, 0.25) is 0 Å². The van der Waals surface area contributed by atoms with E-state index in [4.69, 9.17) is 4.42 Å². The molecular weight excluding hydrogens is 326 g/mol. The quantitative estimate of drug-likeness (QED) is 0.799.